The Balaban J connectivity index is 2.46. The Morgan fingerprint density at radius 2 is 1.96 bits per heavy atom. The van der Waals surface area contributed by atoms with Crippen molar-refractivity contribution in [1.82, 2.24) is 0 Å². The lowest BCUT2D eigenvalue weighted by Crippen LogP contribution is -2.38. The number of amides is 1. The van der Waals surface area contributed by atoms with Crippen molar-refractivity contribution in [2.45, 2.75) is 47.5 Å². The van der Waals surface area contributed by atoms with E-state index < -0.39 is 0 Å². The van der Waals surface area contributed by atoms with Crippen molar-refractivity contribution in [3.8, 4) is 5.75 Å². The largest absolute Gasteiger partial charge is 0.618 e. The zero-order chi connectivity index (χ0) is 18.6. The van der Waals surface area contributed by atoms with Gasteiger partial charge in [-0.2, -0.15) is 4.73 Å². The molecule has 1 N–H and O–H groups in total. The van der Waals surface area contributed by atoms with Gasteiger partial charge in [-0.1, -0.05) is 26.0 Å². The highest BCUT2D eigenvalue weighted by Crippen LogP contribution is 2.25. The van der Waals surface area contributed by atoms with Crippen molar-refractivity contribution >= 4 is 11.6 Å². The molecule has 25 heavy (non-hydrogen) atoms. The second-order valence-corrected chi connectivity index (χ2v) is 6.16. The molecule has 2 aromatic rings. The van der Waals surface area contributed by atoms with Gasteiger partial charge in [0.05, 0.1) is 6.61 Å². The lowest BCUT2D eigenvalue weighted by Gasteiger charge is -2.16. The van der Waals surface area contributed by atoms with Crippen LogP contribution in [0, 0.1) is 26.0 Å². The first kappa shape index (κ1) is 18.8. The molecule has 0 aliphatic rings. The number of aryl methyl sites for hydroxylation is 2. The van der Waals surface area contributed by atoms with Crippen LogP contribution in [0.5, 0.6) is 5.75 Å². The number of rotatable bonds is 6. The molecule has 5 heteroatoms. The van der Waals surface area contributed by atoms with Crippen LogP contribution in [-0.4, -0.2) is 12.5 Å². The summed E-state index contributed by atoms with van der Waals surface area (Å²) in [4.78, 5) is 12.9. The van der Waals surface area contributed by atoms with Gasteiger partial charge in [-0.05, 0) is 37.5 Å². The molecule has 5 nitrogen and oxygen atoms in total. The molecule has 0 aliphatic carbocycles. The van der Waals surface area contributed by atoms with E-state index in [0.717, 1.165) is 28.0 Å². The lowest BCUT2D eigenvalue weighted by atomic mass is 10.1. The van der Waals surface area contributed by atoms with Crippen molar-refractivity contribution in [1.29, 1.82) is 0 Å². The Labute approximate surface area is 149 Å². The summed E-state index contributed by atoms with van der Waals surface area (Å²) in [7, 11) is 0. The minimum Gasteiger partial charge on any atom is -0.618 e. The van der Waals surface area contributed by atoms with Gasteiger partial charge < -0.3 is 15.3 Å². The predicted molar refractivity (Wildman–Crippen MR) is 99.2 cm³/mol. The zero-order valence-electron chi connectivity index (χ0n) is 15.6. The van der Waals surface area contributed by atoms with Crippen LogP contribution in [0.25, 0.3) is 0 Å². The fraction of sp³-hybridized carbons (Fsp3) is 0.400. The molecule has 1 aromatic heterocycles. The van der Waals surface area contributed by atoms with Crippen molar-refractivity contribution < 1.29 is 14.3 Å². The molecule has 0 saturated carbocycles. The third kappa shape index (κ3) is 3.92. The van der Waals surface area contributed by atoms with Gasteiger partial charge >= 0.3 is 0 Å². The van der Waals surface area contributed by atoms with Crippen molar-refractivity contribution in [3.05, 3.63) is 57.6 Å². The molecule has 0 atom stereocenters. The standard InChI is InChI=1S/C20H26N2O3/c1-6-11-25-18-12-16(7-2)22(24)15(5)19(18)20(23)21-17-10-8-9-13(3)14(17)4/h8-10,12H,6-7,11H2,1-5H3,(H,21,23). The Morgan fingerprint density at radius 1 is 1.24 bits per heavy atom. The van der Waals surface area contributed by atoms with Crippen molar-refractivity contribution in [2.24, 2.45) is 0 Å². The van der Waals surface area contributed by atoms with Crippen LogP contribution in [0.1, 0.15) is 53.1 Å². The van der Waals surface area contributed by atoms with Gasteiger partial charge in [0.2, 0.25) is 5.69 Å². The van der Waals surface area contributed by atoms with E-state index in [0.29, 0.717) is 35.7 Å². The van der Waals surface area contributed by atoms with E-state index in [1.54, 1.807) is 13.0 Å². The molecule has 0 unspecified atom stereocenters. The van der Waals surface area contributed by atoms with Crippen LogP contribution in [-0.2, 0) is 6.42 Å². The summed E-state index contributed by atoms with van der Waals surface area (Å²) < 4.78 is 6.58. The lowest BCUT2D eigenvalue weighted by molar-refractivity contribution is -0.620. The molecule has 1 heterocycles. The Hall–Kier alpha value is -2.56. The second-order valence-electron chi connectivity index (χ2n) is 6.16. The van der Waals surface area contributed by atoms with E-state index in [-0.39, 0.29) is 5.91 Å². The molecule has 0 radical (unpaired) electrons. The number of hydrogen-bond donors (Lipinski definition) is 1. The van der Waals surface area contributed by atoms with Crippen molar-refractivity contribution in [2.75, 3.05) is 11.9 Å². The van der Waals surface area contributed by atoms with E-state index in [1.165, 1.54) is 0 Å². The molecular formula is C20H26N2O3. The smallest absolute Gasteiger partial charge is 0.265 e. The fourth-order valence-electron chi connectivity index (χ4n) is 2.70. The summed E-state index contributed by atoms with van der Waals surface area (Å²) in [6.07, 6.45) is 1.40. The Morgan fingerprint density at radius 3 is 2.60 bits per heavy atom. The van der Waals surface area contributed by atoms with Gasteiger partial charge in [-0.25, -0.2) is 0 Å². The van der Waals surface area contributed by atoms with E-state index in [4.69, 9.17) is 4.74 Å². The number of pyridine rings is 1. The quantitative estimate of drug-likeness (QED) is 0.640. The number of anilines is 1. The second kappa shape index (κ2) is 8.01. The number of aromatic nitrogens is 1. The number of benzene rings is 1. The van der Waals surface area contributed by atoms with Crippen LogP contribution < -0.4 is 14.8 Å². The predicted octanol–water partition coefficient (Wildman–Crippen LogP) is 3.85. The average molecular weight is 342 g/mol. The van der Waals surface area contributed by atoms with E-state index >= 15 is 0 Å². The first-order valence-corrected chi connectivity index (χ1v) is 8.67. The van der Waals surface area contributed by atoms with Gasteiger partial charge in [-0.15, -0.1) is 0 Å². The molecule has 1 amide bonds. The van der Waals surface area contributed by atoms with Gasteiger partial charge in [0.15, 0.2) is 5.69 Å². The van der Waals surface area contributed by atoms with Gasteiger partial charge in [0.25, 0.3) is 5.91 Å². The highest BCUT2D eigenvalue weighted by Gasteiger charge is 2.25. The first-order valence-electron chi connectivity index (χ1n) is 8.67. The summed E-state index contributed by atoms with van der Waals surface area (Å²) in [5.74, 6) is 0.135. The minimum absolute atomic E-state index is 0.293. The molecule has 0 saturated heterocycles. The molecule has 0 fully saturated rings. The van der Waals surface area contributed by atoms with Crippen LogP contribution in [0.2, 0.25) is 0 Å². The SMILES string of the molecule is CCCOc1cc(CC)[n+]([O-])c(C)c1C(=O)Nc1cccc(C)c1C. The van der Waals surface area contributed by atoms with Crippen LogP contribution in [0.15, 0.2) is 24.3 Å². The van der Waals surface area contributed by atoms with Crippen LogP contribution in [0.3, 0.4) is 0 Å². The van der Waals surface area contributed by atoms with Crippen LogP contribution >= 0.6 is 0 Å². The Bertz CT molecular complexity index is 785. The summed E-state index contributed by atoms with van der Waals surface area (Å²) in [5.41, 5.74) is 4.08. The number of ether oxygens (including phenoxy) is 1. The zero-order valence-corrected chi connectivity index (χ0v) is 15.6. The highest BCUT2D eigenvalue weighted by molar-refractivity contribution is 6.07. The highest BCUT2D eigenvalue weighted by atomic mass is 16.5. The first-order chi connectivity index (χ1) is 11.9. The summed E-state index contributed by atoms with van der Waals surface area (Å²) in [6, 6.07) is 7.42. The average Bonchev–Trinajstić information content (AvgIpc) is 2.59. The topological polar surface area (TPSA) is 65.3 Å². The molecule has 0 spiro atoms. The molecular weight excluding hydrogens is 316 g/mol. The van der Waals surface area contributed by atoms with E-state index in [9.17, 15) is 10.0 Å². The summed E-state index contributed by atoms with van der Waals surface area (Å²) in [6.45, 7) is 10.0. The van der Waals surface area contributed by atoms with E-state index in [2.05, 4.69) is 5.32 Å². The molecule has 2 rings (SSSR count). The monoisotopic (exact) mass is 342 g/mol. The van der Waals surface area contributed by atoms with Gasteiger partial charge in [0.1, 0.15) is 11.3 Å². The maximum absolute atomic E-state index is 12.9. The minimum atomic E-state index is -0.329. The number of carbonyl (C=O) groups excluding carboxylic acids is 1. The third-order valence-electron chi connectivity index (χ3n) is 4.38. The molecule has 1 aromatic carbocycles. The van der Waals surface area contributed by atoms with Gasteiger partial charge in [0, 0.05) is 25.1 Å². The summed E-state index contributed by atoms with van der Waals surface area (Å²) >= 11 is 0. The number of hydrogen-bond acceptors (Lipinski definition) is 3. The Kier molecular flexibility index (Phi) is 6.02. The molecule has 134 valence electrons. The fourth-order valence-corrected chi connectivity index (χ4v) is 2.70. The normalized spacial score (nSPS) is 10.6. The van der Waals surface area contributed by atoms with Crippen LogP contribution in [0.4, 0.5) is 5.69 Å². The third-order valence-corrected chi connectivity index (χ3v) is 4.38. The number of nitrogens with zero attached hydrogens (tertiary/aromatic N) is 1. The number of carbonyl (C=O) groups is 1. The van der Waals surface area contributed by atoms with Crippen molar-refractivity contribution in [3.63, 3.8) is 0 Å². The van der Waals surface area contributed by atoms with Gasteiger partial charge in [-0.3, -0.25) is 4.79 Å². The maximum atomic E-state index is 12.9. The molecule has 0 aliphatic heterocycles. The summed E-state index contributed by atoms with van der Waals surface area (Å²) in [5, 5.41) is 15.3. The molecule has 0 bridgehead atoms. The van der Waals surface area contributed by atoms with E-state index in [1.807, 2.05) is 45.9 Å². The number of nitrogens with one attached hydrogen (secondary N) is 1. The maximum Gasteiger partial charge on any atom is 0.265 e.